The summed E-state index contributed by atoms with van der Waals surface area (Å²) in [5.74, 6) is 2.25. The number of aliphatic imine (C=N–C) groups is 1. The van der Waals surface area contributed by atoms with Crippen molar-refractivity contribution >= 4 is 5.96 Å². The zero-order valence-corrected chi connectivity index (χ0v) is 19.8. The van der Waals surface area contributed by atoms with E-state index in [2.05, 4.69) is 55.4 Å². The summed E-state index contributed by atoms with van der Waals surface area (Å²) in [6.45, 7) is 13.7. The maximum Gasteiger partial charge on any atom is 0.191 e. The molecule has 1 aromatic rings. The number of nitrogens with one attached hydrogen (secondary N) is 2. The van der Waals surface area contributed by atoms with Gasteiger partial charge in [0.25, 0.3) is 0 Å². The van der Waals surface area contributed by atoms with Crippen LogP contribution in [0.5, 0.6) is 5.75 Å². The molecule has 2 atom stereocenters. The van der Waals surface area contributed by atoms with Crippen LogP contribution in [-0.4, -0.2) is 63.9 Å². The molecule has 6 heteroatoms. The normalized spacial score (nSPS) is 20.3. The van der Waals surface area contributed by atoms with Crippen molar-refractivity contribution in [3.63, 3.8) is 0 Å². The Morgan fingerprint density at radius 3 is 2.77 bits per heavy atom. The number of hydrogen-bond donors (Lipinski definition) is 2. The highest BCUT2D eigenvalue weighted by Gasteiger charge is 2.35. The average Bonchev–Trinajstić information content (AvgIpc) is 2.69. The monoisotopic (exact) mass is 418 g/mol. The van der Waals surface area contributed by atoms with E-state index in [1.54, 1.807) is 0 Å². The van der Waals surface area contributed by atoms with E-state index in [9.17, 15) is 0 Å². The lowest BCUT2D eigenvalue weighted by Gasteiger charge is -2.40. The molecule has 0 bridgehead atoms. The number of rotatable bonds is 9. The fourth-order valence-electron chi connectivity index (χ4n) is 3.83. The van der Waals surface area contributed by atoms with E-state index in [4.69, 9.17) is 14.5 Å². The van der Waals surface area contributed by atoms with Gasteiger partial charge in [-0.15, -0.1) is 0 Å². The number of nitrogens with zero attached hydrogens (tertiary/aromatic N) is 2. The van der Waals surface area contributed by atoms with Crippen LogP contribution in [0.15, 0.2) is 29.3 Å². The summed E-state index contributed by atoms with van der Waals surface area (Å²) >= 11 is 0. The molecule has 1 aliphatic heterocycles. The van der Waals surface area contributed by atoms with Crippen LogP contribution in [0.2, 0.25) is 0 Å². The van der Waals surface area contributed by atoms with Gasteiger partial charge in [-0.1, -0.05) is 32.9 Å². The van der Waals surface area contributed by atoms with Crippen LogP contribution in [0.3, 0.4) is 0 Å². The molecule has 1 aromatic carbocycles. The molecule has 0 spiro atoms. The highest BCUT2D eigenvalue weighted by molar-refractivity contribution is 5.79. The van der Waals surface area contributed by atoms with Crippen molar-refractivity contribution in [2.75, 3.05) is 46.9 Å². The SMILES string of the molecule is CCNC(=NCc1cccc(OCCN(C)C)c1)NCC1CCCOC1C(C)(C)C. The van der Waals surface area contributed by atoms with Crippen molar-refractivity contribution in [1.29, 1.82) is 0 Å². The fourth-order valence-corrected chi connectivity index (χ4v) is 3.83. The molecule has 6 nitrogen and oxygen atoms in total. The van der Waals surface area contributed by atoms with Crippen LogP contribution >= 0.6 is 0 Å². The lowest BCUT2D eigenvalue weighted by molar-refractivity contribution is -0.0835. The van der Waals surface area contributed by atoms with Crippen molar-refractivity contribution in [3.8, 4) is 5.75 Å². The van der Waals surface area contributed by atoms with Crippen LogP contribution in [-0.2, 0) is 11.3 Å². The average molecular weight is 419 g/mol. The topological polar surface area (TPSA) is 58.1 Å². The van der Waals surface area contributed by atoms with Crippen molar-refractivity contribution in [1.82, 2.24) is 15.5 Å². The Morgan fingerprint density at radius 2 is 2.07 bits per heavy atom. The smallest absolute Gasteiger partial charge is 0.191 e. The molecule has 2 unspecified atom stereocenters. The van der Waals surface area contributed by atoms with Gasteiger partial charge in [0, 0.05) is 32.2 Å². The number of likely N-dealkylation sites (N-methyl/N-ethyl adjacent to an activating group) is 1. The summed E-state index contributed by atoms with van der Waals surface area (Å²) in [6, 6.07) is 8.20. The van der Waals surface area contributed by atoms with E-state index in [-0.39, 0.29) is 11.5 Å². The van der Waals surface area contributed by atoms with E-state index in [0.29, 0.717) is 19.1 Å². The van der Waals surface area contributed by atoms with Gasteiger partial charge < -0.3 is 25.0 Å². The number of guanidine groups is 1. The molecule has 0 aromatic heterocycles. The van der Waals surface area contributed by atoms with E-state index in [0.717, 1.165) is 49.9 Å². The third-order valence-corrected chi connectivity index (χ3v) is 5.30. The van der Waals surface area contributed by atoms with Crippen LogP contribution < -0.4 is 15.4 Å². The number of ether oxygens (including phenoxy) is 2. The molecule has 0 saturated carbocycles. The summed E-state index contributed by atoms with van der Waals surface area (Å²) in [6.07, 6.45) is 2.60. The lowest BCUT2D eigenvalue weighted by Crippen LogP contribution is -2.47. The zero-order valence-electron chi connectivity index (χ0n) is 19.8. The molecule has 1 saturated heterocycles. The van der Waals surface area contributed by atoms with Gasteiger partial charge in [-0.05, 0) is 57.0 Å². The van der Waals surface area contributed by atoms with Crippen LogP contribution in [0.4, 0.5) is 0 Å². The van der Waals surface area contributed by atoms with E-state index < -0.39 is 0 Å². The highest BCUT2D eigenvalue weighted by atomic mass is 16.5. The molecule has 1 aliphatic rings. The standard InChI is InChI=1S/C24H42N4O2/c1-7-25-23(27-18-20-11-9-14-30-22(20)24(2,3)4)26-17-19-10-8-12-21(16-19)29-15-13-28(5)6/h8,10,12,16,20,22H,7,9,11,13-15,17-18H2,1-6H3,(H2,25,26,27). The summed E-state index contributed by atoms with van der Waals surface area (Å²) in [5, 5.41) is 6.91. The van der Waals surface area contributed by atoms with Gasteiger partial charge in [0.05, 0.1) is 12.6 Å². The quantitative estimate of drug-likeness (QED) is 0.475. The van der Waals surface area contributed by atoms with Crippen molar-refractivity contribution in [2.24, 2.45) is 16.3 Å². The fraction of sp³-hybridized carbons (Fsp3) is 0.708. The van der Waals surface area contributed by atoms with Crippen molar-refractivity contribution in [3.05, 3.63) is 29.8 Å². The predicted molar refractivity (Wildman–Crippen MR) is 125 cm³/mol. The lowest BCUT2D eigenvalue weighted by atomic mass is 9.78. The van der Waals surface area contributed by atoms with Crippen LogP contribution in [0.1, 0.15) is 46.1 Å². The van der Waals surface area contributed by atoms with E-state index in [1.807, 2.05) is 26.2 Å². The second-order valence-electron chi connectivity index (χ2n) is 9.43. The summed E-state index contributed by atoms with van der Waals surface area (Å²) < 4.78 is 12.0. The summed E-state index contributed by atoms with van der Waals surface area (Å²) in [4.78, 5) is 6.91. The maximum absolute atomic E-state index is 6.12. The van der Waals surface area contributed by atoms with Gasteiger partial charge in [-0.25, -0.2) is 4.99 Å². The van der Waals surface area contributed by atoms with Gasteiger partial charge in [-0.2, -0.15) is 0 Å². The minimum atomic E-state index is 0.148. The first-order valence-electron chi connectivity index (χ1n) is 11.3. The third kappa shape index (κ3) is 8.52. The Kier molecular flexibility index (Phi) is 9.92. The maximum atomic E-state index is 6.12. The van der Waals surface area contributed by atoms with E-state index >= 15 is 0 Å². The Hall–Kier alpha value is -1.79. The zero-order chi connectivity index (χ0) is 22.0. The second-order valence-corrected chi connectivity index (χ2v) is 9.43. The minimum absolute atomic E-state index is 0.148. The van der Waals surface area contributed by atoms with Gasteiger partial charge in [-0.3, -0.25) is 0 Å². The Bertz CT molecular complexity index is 655. The molecule has 2 N–H and O–H groups in total. The van der Waals surface area contributed by atoms with Gasteiger partial charge >= 0.3 is 0 Å². The second kappa shape index (κ2) is 12.2. The molecule has 30 heavy (non-hydrogen) atoms. The van der Waals surface area contributed by atoms with E-state index in [1.165, 1.54) is 6.42 Å². The molecule has 170 valence electrons. The summed E-state index contributed by atoms with van der Waals surface area (Å²) in [5.41, 5.74) is 1.29. The predicted octanol–water partition coefficient (Wildman–Crippen LogP) is 3.52. The highest BCUT2D eigenvalue weighted by Crippen LogP contribution is 2.33. The number of benzene rings is 1. The molecular formula is C24H42N4O2. The largest absolute Gasteiger partial charge is 0.492 e. The Balaban J connectivity index is 1.94. The summed E-state index contributed by atoms with van der Waals surface area (Å²) in [7, 11) is 4.10. The molecule has 1 fully saturated rings. The molecular weight excluding hydrogens is 376 g/mol. The van der Waals surface area contributed by atoms with Crippen molar-refractivity contribution in [2.45, 2.75) is 53.2 Å². The minimum Gasteiger partial charge on any atom is -0.492 e. The van der Waals surface area contributed by atoms with Crippen LogP contribution in [0.25, 0.3) is 0 Å². The molecule has 0 aliphatic carbocycles. The van der Waals surface area contributed by atoms with Crippen molar-refractivity contribution < 1.29 is 9.47 Å². The third-order valence-electron chi connectivity index (χ3n) is 5.30. The first kappa shape index (κ1) is 24.5. The molecule has 1 heterocycles. The molecule has 0 amide bonds. The Morgan fingerprint density at radius 1 is 1.27 bits per heavy atom. The first-order chi connectivity index (χ1) is 14.3. The van der Waals surface area contributed by atoms with Crippen LogP contribution in [0, 0.1) is 11.3 Å². The molecule has 0 radical (unpaired) electrons. The first-order valence-corrected chi connectivity index (χ1v) is 11.3. The number of hydrogen-bond acceptors (Lipinski definition) is 4. The van der Waals surface area contributed by atoms with Gasteiger partial charge in [0.15, 0.2) is 5.96 Å². The molecule has 2 rings (SSSR count). The van der Waals surface area contributed by atoms with Gasteiger partial charge in [0.1, 0.15) is 12.4 Å². The van der Waals surface area contributed by atoms with Gasteiger partial charge in [0.2, 0.25) is 0 Å². The Labute approximate surface area is 183 Å².